The molecule has 2 aliphatic rings. The number of hydrogen-bond acceptors (Lipinski definition) is 4. The number of rotatable bonds is 2. The highest BCUT2D eigenvalue weighted by atomic mass is 16.5. The molecule has 0 aromatic heterocycles. The summed E-state index contributed by atoms with van der Waals surface area (Å²) in [6.07, 6.45) is 1.85. The minimum absolute atomic E-state index is 0.00786. The lowest BCUT2D eigenvalue weighted by Crippen LogP contribution is -2.55. The molecule has 0 bridgehead atoms. The van der Waals surface area contributed by atoms with Gasteiger partial charge in [0, 0.05) is 38.7 Å². The van der Waals surface area contributed by atoms with Gasteiger partial charge in [0.2, 0.25) is 5.91 Å². The summed E-state index contributed by atoms with van der Waals surface area (Å²) in [4.78, 5) is 28.3. The van der Waals surface area contributed by atoms with Crippen LogP contribution in [0.4, 0.5) is 0 Å². The molecule has 1 aromatic carbocycles. The summed E-state index contributed by atoms with van der Waals surface area (Å²) in [7, 11) is 1.60. The predicted molar refractivity (Wildman–Crippen MR) is 98.2 cm³/mol. The minimum atomic E-state index is -0.476. The molecule has 2 heterocycles. The zero-order chi connectivity index (χ0) is 18.9. The third-order valence-electron chi connectivity index (χ3n) is 5.72. The Hall–Kier alpha value is -2.08. The normalized spacial score (nSPS) is 22.4. The van der Waals surface area contributed by atoms with Gasteiger partial charge in [0.15, 0.2) is 0 Å². The SMILES string of the molecule is COc1cc(C)cc(C(=O)N2CCC3(CC2)CC(O)CN(C(C)=O)C3)c1. The Labute approximate surface area is 154 Å². The molecule has 6 nitrogen and oxygen atoms in total. The summed E-state index contributed by atoms with van der Waals surface area (Å²) in [6, 6.07) is 5.57. The van der Waals surface area contributed by atoms with Gasteiger partial charge in [0.25, 0.3) is 5.91 Å². The van der Waals surface area contributed by atoms with E-state index >= 15 is 0 Å². The number of benzene rings is 1. The standard InChI is InChI=1S/C20H28N2O4/c1-14-8-16(10-18(9-14)26-3)19(25)21-6-4-20(5-7-21)11-17(24)12-22(13-20)15(2)23/h8-10,17,24H,4-7,11-13H2,1-3H3. The first-order valence-corrected chi connectivity index (χ1v) is 9.20. The maximum Gasteiger partial charge on any atom is 0.253 e. The second-order valence-electron chi connectivity index (χ2n) is 7.79. The Morgan fingerprint density at radius 2 is 1.88 bits per heavy atom. The van der Waals surface area contributed by atoms with E-state index in [1.807, 2.05) is 24.0 Å². The summed E-state index contributed by atoms with van der Waals surface area (Å²) in [5, 5.41) is 10.2. The van der Waals surface area contributed by atoms with Crippen molar-refractivity contribution >= 4 is 11.8 Å². The average molecular weight is 360 g/mol. The number of β-amino-alcohol motifs (C(OH)–C–C–N with tert-alkyl or cyclic N) is 1. The zero-order valence-electron chi connectivity index (χ0n) is 15.8. The molecular formula is C20H28N2O4. The number of nitrogens with zero attached hydrogens (tertiary/aromatic N) is 2. The number of methoxy groups -OCH3 is 1. The summed E-state index contributed by atoms with van der Waals surface area (Å²) in [5.74, 6) is 0.712. The third-order valence-corrected chi connectivity index (χ3v) is 5.72. The van der Waals surface area contributed by atoms with Crippen LogP contribution in [0.15, 0.2) is 18.2 Å². The molecule has 0 aliphatic carbocycles. The highest BCUT2D eigenvalue weighted by Crippen LogP contribution is 2.40. The van der Waals surface area contributed by atoms with Crippen LogP contribution in [-0.2, 0) is 4.79 Å². The Morgan fingerprint density at radius 3 is 2.50 bits per heavy atom. The smallest absolute Gasteiger partial charge is 0.253 e. The molecule has 1 N–H and O–H groups in total. The van der Waals surface area contributed by atoms with Crippen LogP contribution >= 0.6 is 0 Å². The van der Waals surface area contributed by atoms with Gasteiger partial charge in [-0.05, 0) is 55.4 Å². The molecule has 2 amide bonds. The first-order valence-electron chi connectivity index (χ1n) is 9.20. The minimum Gasteiger partial charge on any atom is -0.497 e. The number of carbonyl (C=O) groups excluding carboxylic acids is 2. The Kier molecular flexibility index (Phi) is 5.23. The van der Waals surface area contributed by atoms with Crippen molar-refractivity contribution in [3.05, 3.63) is 29.3 Å². The number of likely N-dealkylation sites (tertiary alicyclic amines) is 2. The van der Waals surface area contributed by atoms with Crippen molar-refractivity contribution in [3.8, 4) is 5.75 Å². The fourth-order valence-corrected chi connectivity index (χ4v) is 4.31. The van der Waals surface area contributed by atoms with Crippen LogP contribution in [-0.4, -0.2) is 66.1 Å². The number of aliphatic hydroxyl groups excluding tert-OH is 1. The van der Waals surface area contributed by atoms with Crippen LogP contribution in [0.25, 0.3) is 0 Å². The van der Waals surface area contributed by atoms with Crippen LogP contribution in [0.2, 0.25) is 0 Å². The fourth-order valence-electron chi connectivity index (χ4n) is 4.31. The van der Waals surface area contributed by atoms with Crippen LogP contribution in [0.1, 0.15) is 42.1 Å². The first kappa shape index (κ1) is 18.7. The van der Waals surface area contributed by atoms with Gasteiger partial charge in [-0.2, -0.15) is 0 Å². The molecule has 6 heteroatoms. The van der Waals surface area contributed by atoms with E-state index in [1.54, 1.807) is 25.0 Å². The van der Waals surface area contributed by atoms with Gasteiger partial charge in [0.1, 0.15) is 5.75 Å². The monoisotopic (exact) mass is 360 g/mol. The van der Waals surface area contributed by atoms with Gasteiger partial charge < -0.3 is 19.6 Å². The van der Waals surface area contributed by atoms with E-state index in [4.69, 9.17) is 4.74 Å². The summed E-state index contributed by atoms with van der Waals surface area (Å²) >= 11 is 0. The highest BCUT2D eigenvalue weighted by molar-refractivity contribution is 5.95. The van der Waals surface area contributed by atoms with E-state index < -0.39 is 6.10 Å². The predicted octanol–water partition coefficient (Wildman–Crippen LogP) is 1.84. The molecule has 1 unspecified atom stereocenters. The molecule has 0 radical (unpaired) electrons. The molecule has 26 heavy (non-hydrogen) atoms. The van der Waals surface area contributed by atoms with E-state index in [2.05, 4.69) is 0 Å². The Morgan fingerprint density at radius 1 is 1.19 bits per heavy atom. The molecule has 2 fully saturated rings. The number of ether oxygens (including phenoxy) is 1. The van der Waals surface area contributed by atoms with E-state index in [9.17, 15) is 14.7 Å². The maximum absolute atomic E-state index is 12.9. The average Bonchev–Trinajstić information content (AvgIpc) is 2.60. The first-order chi connectivity index (χ1) is 12.3. The molecule has 0 saturated carbocycles. The van der Waals surface area contributed by atoms with Crippen molar-refractivity contribution in [2.45, 2.75) is 39.2 Å². The van der Waals surface area contributed by atoms with Crippen molar-refractivity contribution in [1.29, 1.82) is 0 Å². The van der Waals surface area contributed by atoms with Crippen LogP contribution in [0.3, 0.4) is 0 Å². The molecule has 1 spiro atoms. The quantitative estimate of drug-likeness (QED) is 0.874. The molecule has 1 aromatic rings. The van der Waals surface area contributed by atoms with Crippen LogP contribution in [0.5, 0.6) is 5.75 Å². The van der Waals surface area contributed by atoms with Gasteiger partial charge >= 0.3 is 0 Å². The third kappa shape index (κ3) is 3.85. The molecular weight excluding hydrogens is 332 g/mol. The molecule has 3 rings (SSSR count). The molecule has 142 valence electrons. The molecule has 1 atom stereocenters. The van der Waals surface area contributed by atoms with Crippen molar-refractivity contribution in [2.24, 2.45) is 5.41 Å². The largest absolute Gasteiger partial charge is 0.497 e. The zero-order valence-corrected chi connectivity index (χ0v) is 15.8. The summed E-state index contributed by atoms with van der Waals surface area (Å²) < 4.78 is 5.27. The lowest BCUT2D eigenvalue weighted by Gasteiger charge is -2.49. The lowest BCUT2D eigenvalue weighted by atomic mass is 9.71. The molecule has 2 saturated heterocycles. The van der Waals surface area contributed by atoms with Crippen molar-refractivity contribution in [1.82, 2.24) is 9.80 Å². The second kappa shape index (κ2) is 7.27. The number of carbonyl (C=O) groups is 2. The topological polar surface area (TPSA) is 70.1 Å². The number of hydrogen-bond donors (Lipinski definition) is 1. The number of amides is 2. The van der Waals surface area contributed by atoms with Crippen molar-refractivity contribution in [3.63, 3.8) is 0 Å². The van der Waals surface area contributed by atoms with Gasteiger partial charge in [0.05, 0.1) is 13.2 Å². The van der Waals surface area contributed by atoms with E-state index in [1.165, 1.54) is 0 Å². The van der Waals surface area contributed by atoms with Crippen molar-refractivity contribution in [2.75, 3.05) is 33.3 Å². The number of aliphatic hydroxyl groups is 1. The maximum atomic E-state index is 12.9. The fraction of sp³-hybridized carbons (Fsp3) is 0.600. The Balaban J connectivity index is 1.69. The lowest BCUT2D eigenvalue weighted by molar-refractivity contribution is -0.137. The van der Waals surface area contributed by atoms with E-state index in [-0.39, 0.29) is 17.2 Å². The highest BCUT2D eigenvalue weighted by Gasteiger charge is 2.43. The van der Waals surface area contributed by atoms with Crippen LogP contribution < -0.4 is 4.74 Å². The Bertz CT molecular complexity index is 695. The van der Waals surface area contributed by atoms with Crippen LogP contribution in [0, 0.1) is 12.3 Å². The van der Waals surface area contributed by atoms with Gasteiger partial charge in [-0.3, -0.25) is 9.59 Å². The number of aryl methyl sites for hydroxylation is 1. The summed E-state index contributed by atoms with van der Waals surface area (Å²) in [5.41, 5.74) is 1.56. The van der Waals surface area contributed by atoms with Gasteiger partial charge in [-0.25, -0.2) is 0 Å². The van der Waals surface area contributed by atoms with Gasteiger partial charge in [-0.15, -0.1) is 0 Å². The summed E-state index contributed by atoms with van der Waals surface area (Å²) in [6.45, 7) is 5.89. The van der Waals surface area contributed by atoms with E-state index in [0.717, 1.165) is 18.4 Å². The number of piperidine rings is 2. The second-order valence-corrected chi connectivity index (χ2v) is 7.79. The van der Waals surface area contributed by atoms with Gasteiger partial charge in [-0.1, -0.05) is 0 Å². The van der Waals surface area contributed by atoms with E-state index in [0.29, 0.717) is 43.9 Å². The molecule has 2 aliphatic heterocycles. The van der Waals surface area contributed by atoms with Crippen molar-refractivity contribution < 1.29 is 19.4 Å².